The molecule has 0 heterocycles. The van der Waals surface area contributed by atoms with Gasteiger partial charge in [0, 0.05) is 25.2 Å². The highest BCUT2D eigenvalue weighted by atomic mass is 32.2. The molecule has 22 heavy (non-hydrogen) atoms. The quantitative estimate of drug-likeness (QED) is 0.805. The largest absolute Gasteiger partial charge is 0.350 e. The summed E-state index contributed by atoms with van der Waals surface area (Å²) in [6.07, 6.45) is 5.13. The first-order valence-electron chi connectivity index (χ1n) is 8.12. The third-order valence-corrected chi connectivity index (χ3v) is 6.03. The number of amides is 1. The van der Waals surface area contributed by atoms with Crippen LogP contribution in [0.15, 0.2) is 0 Å². The summed E-state index contributed by atoms with van der Waals surface area (Å²) in [5, 5.41) is 2.81. The van der Waals surface area contributed by atoms with Crippen LogP contribution >= 0.6 is 0 Å². The van der Waals surface area contributed by atoms with Crippen LogP contribution in [-0.4, -0.2) is 54.7 Å². The SMILES string of the molecule is CCN(CC(=O)NC(C)(C)C)S(=O)(=O)N(C)C1CCCCC1. The molecule has 0 saturated heterocycles. The molecule has 1 N–H and O–H groups in total. The highest BCUT2D eigenvalue weighted by Gasteiger charge is 2.33. The standard InChI is InChI=1S/C15H31N3O3S/c1-6-18(12-14(19)16-15(2,3)4)22(20,21)17(5)13-10-8-7-9-11-13/h13H,6-12H2,1-5H3,(H,16,19). The van der Waals surface area contributed by atoms with Gasteiger partial charge in [-0.1, -0.05) is 26.2 Å². The molecule has 0 aromatic carbocycles. The van der Waals surface area contributed by atoms with Gasteiger partial charge in [-0.2, -0.15) is 17.0 Å². The Labute approximate surface area is 135 Å². The Morgan fingerprint density at radius 2 is 1.73 bits per heavy atom. The van der Waals surface area contributed by atoms with Crippen LogP contribution in [0.5, 0.6) is 0 Å². The van der Waals surface area contributed by atoms with Gasteiger partial charge in [0.15, 0.2) is 0 Å². The van der Waals surface area contributed by atoms with Crippen molar-refractivity contribution in [3.63, 3.8) is 0 Å². The zero-order chi connectivity index (χ0) is 17.0. The third-order valence-electron chi connectivity index (χ3n) is 3.97. The number of hydrogen-bond donors (Lipinski definition) is 1. The van der Waals surface area contributed by atoms with E-state index in [1.54, 1.807) is 14.0 Å². The molecule has 130 valence electrons. The van der Waals surface area contributed by atoms with E-state index in [1.165, 1.54) is 15.0 Å². The van der Waals surface area contributed by atoms with Crippen molar-refractivity contribution in [1.29, 1.82) is 0 Å². The van der Waals surface area contributed by atoms with E-state index in [0.717, 1.165) is 25.7 Å². The Morgan fingerprint density at radius 3 is 2.18 bits per heavy atom. The molecule has 7 heteroatoms. The number of likely N-dealkylation sites (N-methyl/N-ethyl adjacent to an activating group) is 1. The molecule has 1 aliphatic carbocycles. The Morgan fingerprint density at radius 1 is 1.18 bits per heavy atom. The summed E-state index contributed by atoms with van der Waals surface area (Å²) in [5.74, 6) is -0.269. The molecule has 0 spiro atoms. The van der Waals surface area contributed by atoms with Crippen LogP contribution < -0.4 is 5.32 Å². The van der Waals surface area contributed by atoms with E-state index in [4.69, 9.17) is 0 Å². The summed E-state index contributed by atoms with van der Waals surface area (Å²) in [6.45, 7) is 7.55. The van der Waals surface area contributed by atoms with Crippen LogP contribution in [0.2, 0.25) is 0 Å². The molecule has 0 aromatic rings. The number of carbonyl (C=O) groups is 1. The summed E-state index contributed by atoms with van der Waals surface area (Å²) in [5.41, 5.74) is -0.366. The fourth-order valence-corrected chi connectivity index (χ4v) is 4.35. The van der Waals surface area contributed by atoms with Gasteiger partial charge in [0.1, 0.15) is 0 Å². The van der Waals surface area contributed by atoms with Gasteiger partial charge in [-0.15, -0.1) is 0 Å². The number of nitrogens with zero attached hydrogens (tertiary/aromatic N) is 2. The molecule has 0 radical (unpaired) electrons. The van der Waals surface area contributed by atoms with Crippen molar-refractivity contribution in [2.75, 3.05) is 20.1 Å². The first-order chi connectivity index (χ1) is 10.1. The van der Waals surface area contributed by atoms with Gasteiger partial charge >= 0.3 is 0 Å². The lowest BCUT2D eigenvalue weighted by Crippen LogP contribution is -2.52. The van der Waals surface area contributed by atoms with Crippen molar-refractivity contribution in [1.82, 2.24) is 13.9 Å². The number of nitrogens with one attached hydrogen (secondary N) is 1. The zero-order valence-electron chi connectivity index (χ0n) is 14.6. The van der Waals surface area contributed by atoms with E-state index < -0.39 is 10.2 Å². The third kappa shape index (κ3) is 5.52. The lowest BCUT2D eigenvalue weighted by Gasteiger charge is -2.34. The van der Waals surface area contributed by atoms with Crippen molar-refractivity contribution in [3.8, 4) is 0 Å². The fourth-order valence-electron chi connectivity index (χ4n) is 2.79. The lowest BCUT2D eigenvalue weighted by molar-refractivity contribution is -0.122. The minimum Gasteiger partial charge on any atom is -0.350 e. The van der Waals surface area contributed by atoms with Crippen molar-refractivity contribution >= 4 is 16.1 Å². The Kier molecular flexibility index (Phi) is 6.83. The molecular weight excluding hydrogens is 302 g/mol. The van der Waals surface area contributed by atoms with Gasteiger partial charge in [0.05, 0.1) is 6.54 Å². The molecule has 0 aromatic heterocycles. The summed E-state index contributed by atoms with van der Waals surface area (Å²) in [7, 11) is -1.96. The van der Waals surface area contributed by atoms with Crippen LogP contribution in [0.25, 0.3) is 0 Å². The van der Waals surface area contributed by atoms with Gasteiger partial charge in [0.2, 0.25) is 5.91 Å². The second kappa shape index (κ2) is 7.75. The molecule has 6 nitrogen and oxygen atoms in total. The molecule has 1 saturated carbocycles. The van der Waals surface area contributed by atoms with Crippen LogP contribution in [0.4, 0.5) is 0 Å². The smallest absolute Gasteiger partial charge is 0.282 e. The van der Waals surface area contributed by atoms with E-state index in [2.05, 4.69) is 5.32 Å². The van der Waals surface area contributed by atoms with E-state index in [9.17, 15) is 13.2 Å². The highest BCUT2D eigenvalue weighted by molar-refractivity contribution is 7.86. The average molecular weight is 333 g/mol. The predicted molar refractivity (Wildman–Crippen MR) is 88.7 cm³/mol. The van der Waals surface area contributed by atoms with E-state index >= 15 is 0 Å². The summed E-state index contributed by atoms with van der Waals surface area (Å²) < 4.78 is 28.2. The molecule has 1 fully saturated rings. The van der Waals surface area contributed by atoms with Gasteiger partial charge in [-0.05, 0) is 33.6 Å². The number of carbonyl (C=O) groups excluding carboxylic acids is 1. The van der Waals surface area contributed by atoms with Crippen LogP contribution in [0.3, 0.4) is 0 Å². The van der Waals surface area contributed by atoms with Crippen molar-refractivity contribution in [2.45, 2.75) is 71.4 Å². The maximum Gasteiger partial charge on any atom is 0.282 e. The zero-order valence-corrected chi connectivity index (χ0v) is 15.4. The predicted octanol–water partition coefficient (Wildman–Crippen LogP) is 1.73. The van der Waals surface area contributed by atoms with Crippen molar-refractivity contribution < 1.29 is 13.2 Å². The monoisotopic (exact) mass is 333 g/mol. The van der Waals surface area contributed by atoms with E-state index in [0.29, 0.717) is 0 Å². The van der Waals surface area contributed by atoms with Gasteiger partial charge in [-0.3, -0.25) is 4.79 Å². The van der Waals surface area contributed by atoms with E-state index in [1.807, 2.05) is 20.8 Å². The number of hydrogen-bond acceptors (Lipinski definition) is 3. The minimum atomic E-state index is -3.60. The number of rotatable bonds is 6. The molecule has 0 unspecified atom stereocenters. The van der Waals surface area contributed by atoms with Crippen LogP contribution in [-0.2, 0) is 15.0 Å². The molecule has 1 amide bonds. The van der Waals surface area contributed by atoms with Crippen molar-refractivity contribution in [3.05, 3.63) is 0 Å². The molecule has 1 aliphatic rings. The van der Waals surface area contributed by atoms with Crippen LogP contribution in [0.1, 0.15) is 59.8 Å². The highest BCUT2D eigenvalue weighted by Crippen LogP contribution is 2.24. The minimum absolute atomic E-state index is 0.0541. The average Bonchev–Trinajstić information content (AvgIpc) is 2.42. The van der Waals surface area contributed by atoms with Gasteiger partial charge < -0.3 is 5.32 Å². The van der Waals surface area contributed by atoms with Gasteiger partial charge in [-0.25, -0.2) is 0 Å². The Bertz CT molecular complexity index is 465. The van der Waals surface area contributed by atoms with E-state index in [-0.39, 0.29) is 30.6 Å². The lowest BCUT2D eigenvalue weighted by atomic mass is 9.96. The summed E-state index contributed by atoms with van der Waals surface area (Å²) in [6, 6.07) is 0.0541. The first kappa shape index (κ1) is 19.4. The molecule has 0 atom stereocenters. The maximum absolute atomic E-state index is 12.7. The molecule has 0 bridgehead atoms. The molecule has 0 aliphatic heterocycles. The molecular formula is C15H31N3O3S. The normalized spacial score (nSPS) is 18.0. The second-order valence-corrected chi connectivity index (χ2v) is 9.03. The summed E-state index contributed by atoms with van der Waals surface area (Å²) in [4.78, 5) is 12.0. The second-order valence-electron chi connectivity index (χ2n) is 7.04. The Balaban J connectivity index is 2.76. The molecule has 1 rings (SSSR count). The Hall–Kier alpha value is -0.660. The van der Waals surface area contributed by atoms with Gasteiger partial charge in [0.25, 0.3) is 10.2 Å². The van der Waals surface area contributed by atoms with Crippen LogP contribution in [0, 0.1) is 0 Å². The maximum atomic E-state index is 12.7. The van der Waals surface area contributed by atoms with Crippen molar-refractivity contribution in [2.24, 2.45) is 0 Å². The fraction of sp³-hybridized carbons (Fsp3) is 0.933. The summed E-state index contributed by atoms with van der Waals surface area (Å²) >= 11 is 0. The topological polar surface area (TPSA) is 69.7 Å². The first-order valence-corrected chi connectivity index (χ1v) is 9.51.